The maximum absolute atomic E-state index is 13.9. The van der Waals surface area contributed by atoms with Crippen molar-refractivity contribution in [3.63, 3.8) is 0 Å². The summed E-state index contributed by atoms with van der Waals surface area (Å²) in [6.45, 7) is 0. The predicted molar refractivity (Wildman–Crippen MR) is 86.7 cm³/mol. The minimum absolute atomic E-state index is 0.215. The second-order valence-corrected chi connectivity index (χ2v) is 5.80. The van der Waals surface area contributed by atoms with Crippen LogP contribution in [0, 0.1) is 5.82 Å². The van der Waals surface area contributed by atoms with Gasteiger partial charge in [0.15, 0.2) is 0 Å². The van der Waals surface area contributed by atoms with Crippen molar-refractivity contribution < 1.29 is 4.39 Å². The number of nitrogens with one attached hydrogen (secondary N) is 1. The first kappa shape index (κ1) is 12.5. The van der Waals surface area contributed by atoms with Gasteiger partial charge >= 0.3 is 0 Å². The minimum Gasteiger partial charge on any atom is -0.338 e. The van der Waals surface area contributed by atoms with Gasteiger partial charge in [-0.05, 0) is 35.7 Å². The monoisotopic (exact) mass is 340 g/mol. The molecule has 1 N–H and O–H groups in total. The lowest BCUT2D eigenvalue weighted by Crippen LogP contribution is -1.86. The first-order valence-corrected chi connectivity index (χ1v) is 7.34. The van der Waals surface area contributed by atoms with Crippen LogP contribution in [0.2, 0.25) is 0 Å². The fourth-order valence-electron chi connectivity index (χ4n) is 2.58. The lowest BCUT2D eigenvalue weighted by Gasteiger charge is -2.04. The van der Waals surface area contributed by atoms with Crippen LogP contribution in [0.5, 0.6) is 0 Å². The van der Waals surface area contributed by atoms with E-state index in [4.69, 9.17) is 0 Å². The molecule has 0 atom stereocenters. The van der Waals surface area contributed by atoms with Crippen LogP contribution in [-0.2, 0) is 0 Å². The summed E-state index contributed by atoms with van der Waals surface area (Å²) in [7, 11) is 0. The topological polar surface area (TPSA) is 28.7 Å². The Morgan fingerprint density at radius 3 is 2.62 bits per heavy atom. The van der Waals surface area contributed by atoms with Crippen LogP contribution in [0.3, 0.4) is 0 Å². The molecule has 0 fully saturated rings. The number of fused-ring (bicyclic) bond motifs is 2. The number of aromatic nitrogens is 2. The van der Waals surface area contributed by atoms with E-state index in [2.05, 4.69) is 25.9 Å². The molecular weight excluding hydrogens is 331 g/mol. The van der Waals surface area contributed by atoms with Gasteiger partial charge in [0.25, 0.3) is 0 Å². The number of benzene rings is 3. The zero-order valence-corrected chi connectivity index (χ0v) is 12.5. The van der Waals surface area contributed by atoms with E-state index in [1.807, 2.05) is 36.4 Å². The molecule has 4 heteroatoms. The van der Waals surface area contributed by atoms with Crippen LogP contribution < -0.4 is 0 Å². The zero-order chi connectivity index (χ0) is 14.4. The lowest BCUT2D eigenvalue weighted by molar-refractivity contribution is 0.640. The van der Waals surface area contributed by atoms with Crippen molar-refractivity contribution in [1.29, 1.82) is 0 Å². The molecule has 0 aliphatic rings. The normalized spacial score (nSPS) is 11.3. The molecule has 0 unspecified atom stereocenters. The summed E-state index contributed by atoms with van der Waals surface area (Å²) < 4.78 is 14.9. The molecule has 3 aromatic carbocycles. The Labute approximate surface area is 128 Å². The number of halogens is 2. The van der Waals surface area contributed by atoms with Crippen LogP contribution in [0.15, 0.2) is 59.1 Å². The third-order valence-corrected chi connectivity index (χ3v) is 4.06. The van der Waals surface area contributed by atoms with Crippen LogP contribution in [0.1, 0.15) is 0 Å². The Kier molecular flexibility index (Phi) is 2.79. The average molecular weight is 341 g/mol. The Balaban J connectivity index is 2.02. The largest absolute Gasteiger partial charge is 0.338 e. The number of rotatable bonds is 1. The third-order valence-electron chi connectivity index (χ3n) is 3.57. The molecule has 4 rings (SSSR count). The van der Waals surface area contributed by atoms with Crippen LogP contribution in [0.4, 0.5) is 4.39 Å². The summed E-state index contributed by atoms with van der Waals surface area (Å²) in [6.07, 6.45) is 0. The SMILES string of the molecule is Fc1ccc(-c2nc3ccc(Br)cc3[nH]2)c2ccccc12. The Hall–Kier alpha value is -2.20. The number of H-pyrrole nitrogens is 1. The summed E-state index contributed by atoms with van der Waals surface area (Å²) >= 11 is 3.45. The zero-order valence-electron chi connectivity index (χ0n) is 10.9. The quantitative estimate of drug-likeness (QED) is 0.501. The van der Waals surface area contributed by atoms with E-state index in [-0.39, 0.29) is 5.82 Å². The summed E-state index contributed by atoms with van der Waals surface area (Å²) in [4.78, 5) is 7.91. The van der Waals surface area contributed by atoms with Crippen molar-refractivity contribution in [3.8, 4) is 11.4 Å². The molecule has 0 radical (unpaired) electrons. The van der Waals surface area contributed by atoms with Crippen molar-refractivity contribution >= 4 is 37.7 Å². The molecule has 4 aromatic rings. The highest BCUT2D eigenvalue weighted by Crippen LogP contribution is 2.30. The van der Waals surface area contributed by atoms with E-state index in [1.54, 1.807) is 12.1 Å². The first-order valence-electron chi connectivity index (χ1n) is 6.55. The second kappa shape index (κ2) is 4.67. The van der Waals surface area contributed by atoms with Crippen molar-refractivity contribution in [2.24, 2.45) is 0 Å². The lowest BCUT2D eigenvalue weighted by atomic mass is 10.0. The van der Waals surface area contributed by atoms with Crippen molar-refractivity contribution in [2.45, 2.75) is 0 Å². The summed E-state index contributed by atoms with van der Waals surface area (Å²) in [5, 5.41) is 1.47. The number of hydrogen-bond donors (Lipinski definition) is 1. The molecule has 0 bridgehead atoms. The van der Waals surface area contributed by atoms with Gasteiger partial charge in [-0.3, -0.25) is 0 Å². The number of imidazole rings is 1. The second-order valence-electron chi connectivity index (χ2n) is 4.89. The molecule has 0 aliphatic heterocycles. The Bertz CT molecular complexity index is 975. The molecule has 1 heterocycles. The summed E-state index contributed by atoms with van der Waals surface area (Å²) in [5.74, 6) is 0.535. The van der Waals surface area contributed by atoms with E-state index in [9.17, 15) is 4.39 Å². The fourth-order valence-corrected chi connectivity index (χ4v) is 2.94. The third kappa shape index (κ3) is 2.03. The van der Waals surface area contributed by atoms with Crippen LogP contribution >= 0.6 is 15.9 Å². The molecular formula is C17H10BrFN2. The molecule has 2 nitrogen and oxygen atoms in total. The molecule has 0 spiro atoms. The first-order chi connectivity index (χ1) is 10.2. The van der Waals surface area contributed by atoms with E-state index in [1.165, 1.54) is 6.07 Å². The van der Waals surface area contributed by atoms with Gasteiger partial charge in [-0.1, -0.05) is 40.2 Å². The van der Waals surface area contributed by atoms with Gasteiger partial charge in [0, 0.05) is 15.4 Å². The van der Waals surface area contributed by atoms with Crippen molar-refractivity contribution in [1.82, 2.24) is 9.97 Å². The van der Waals surface area contributed by atoms with Gasteiger partial charge in [-0.2, -0.15) is 0 Å². The molecule has 0 amide bonds. The standard InChI is InChI=1S/C17H10BrFN2/c18-10-5-8-15-16(9-10)21-17(20-15)13-6-7-14(19)12-4-2-1-3-11(12)13/h1-9H,(H,20,21). The predicted octanol–water partition coefficient (Wildman–Crippen LogP) is 5.28. The molecule has 0 saturated heterocycles. The number of hydrogen-bond acceptors (Lipinski definition) is 1. The summed E-state index contributed by atoms with van der Waals surface area (Å²) in [5.41, 5.74) is 2.74. The molecule has 1 aromatic heterocycles. The van der Waals surface area contributed by atoms with E-state index < -0.39 is 0 Å². The molecule has 0 aliphatic carbocycles. The van der Waals surface area contributed by atoms with Crippen LogP contribution in [-0.4, -0.2) is 9.97 Å². The maximum atomic E-state index is 13.9. The van der Waals surface area contributed by atoms with E-state index in [0.717, 1.165) is 32.3 Å². The smallest absolute Gasteiger partial charge is 0.139 e. The highest BCUT2D eigenvalue weighted by Gasteiger charge is 2.11. The Morgan fingerprint density at radius 1 is 0.952 bits per heavy atom. The molecule has 21 heavy (non-hydrogen) atoms. The van der Waals surface area contributed by atoms with Gasteiger partial charge in [-0.15, -0.1) is 0 Å². The van der Waals surface area contributed by atoms with Crippen molar-refractivity contribution in [2.75, 3.05) is 0 Å². The summed E-state index contributed by atoms with van der Waals surface area (Å²) in [6, 6.07) is 16.6. The number of nitrogens with zero attached hydrogens (tertiary/aromatic N) is 1. The van der Waals surface area contributed by atoms with E-state index >= 15 is 0 Å². The Morgan fingerprint density at radius 2 is 1.76 bits per heavy atom. The van der Waals surface area contributed by atoms with Gasteiger partial charge in [-0.25, -0.2) is 9.37 Å². The van der Waals surface area contributed by atoms with Gasteiger partial charge < -0.3 is 4.98 Å². The van der Waals surface area contributed by atoms with Crippen LogP contribution in [0.25, 0.3) is 33.2 Å². The fraction of sp³-hybridized carbons (Fsp3) is 0. The molecule has 102 valence electrons. The minimum atomic E-state index is -0.215. The van der Waals surface area contributed by atoms with Gasteiger partial charge in [0.2, 0.25) is 0 Å². The number of aromatic amines is 1. The highest BCUT2D eigenvalue weighted by molar-refractivity contribution is 9.10. The average Bonchev–Trinajstić information content (AvgIpc) is 2.90. The van der Waals surface area contributed by atoms with Gasteiger partial charge in [0.05, 0.1) is 11.0 Å². The van der Waals surface area contributed by atoms with Crippen molar-refractivity contribution in [3.05, 3.63) is 64.9 Å². The van der Waals surface area contributed by atoms with E-state index in [0.29, 0.717) is 5.39 Å². The highest BCUT2D eigenvalue weighted by atomic mass is 79.9. The van der Waals surface area contributed by atoms with Gasteiger partial charge in [0.1, 0.15) is 11.6 Å². The molecule has 0 saturated carbocycles. The maximum Gasteiger partial charge on any atom is 0.139 e.